The number of hydrogen-bond donors (Lipinski definition) is 2. The molecule has 0 radical (unpaired) electrons. The van der Waals surface area contributed by atoms with Crippen LogP contribution in [0.1, 0.15) is 11.3 Å². The molecule has 2 aromatic rings. The molecule has 4 nitrogen and oxygen atoms in total. The van der Waals surface area contributed by atoms with Gasteiger partial charge in [0.1, 0.15) is 5.76 Å². The first-order valence-corrected chi connectivity index (χ1v) is 5.90. The average Bonchev–Trinajstić information content (AvgIpc) is 2.91. The standard InChI is InChI=1S/C13H13N3OS/c18-13(14-9-11-5-2-1-3-6-11)16-15-10-12-7-4-8-17-12/h1-8,10H,9H2,(H2,14,16,18)/b15-10-. The molecule has 0 spiro atoms. The third kappa shape index (κ3) is 4.03. The van der Waals surface area contributed by atoms with Crippen molar-refractivity contribution < 1.29 is 4.42 Å². The second-order valence-corrected chi connectivity index (χ2v) is 3.96. The van der Waals surface area contributed by atoms with Gasteiger partial charge in [-0.25, -0.2) is 0 Å². The molecule has 2 N–H and O–H groups in total. The Morgan fingerprint density at radius 1 is 1.22 bits per heavy atom. The Kier molecular flexibility index (Phi) is 4.49. The molecule has 1 aromatic heterocycles. The molecule has 0 unspecified atom stereocenters. The van der Waals surface area contributed by atoms with E-state index in [1.165, 1.54) is 0 Å². The molecule has 18 heavy (non-hydrogen) atoms. The second kappa shape index (κ2) is 6.56. The number of thiocarbonyl (C=S) groups is 1. The van der Waals surface area contributed by atoms with Gasteiger partial charge in [0, 0.05) is 6.54 Å². The van der Waals surface area contributed by atoms with Crippen molar-refractivity contribution in [2.24, 2.45) is 5.10 Å². The van der Waals surface area contributed by atoms with Gasteiger partial charge in [0.2, 0.25) is 0 Å². The lowest BCUT2D eigenvalue weighted by atomic mass is 10.2. The van der Waals surface area contributed by atoms with Crippen LogP contribution < -0.4 is 10.7 Å². The van der Waals surface area contributed by atoms with E-state index in [-0.39, 0.29) is 0 Å². The molecular formula is C13H13N3OS. The van der Waals surface area contributed by atoms with Crippen molar-refractivity contribution in [2.45, 2.75) is 6.54 Å². The molecule has 1 aromatic carbocycles. The van der Waals surface area contributed by atoms with Gasteiger partial charge in [0.15, 0.2) is 5.11 Å². The van der Waals surface area contributed by atoms with Gasteiger partial charge in [-0.1, -0.05) is 30.3 Å². The fourth-order valence-corrected chi connectivity index (χ4v) is 1.46. The summed E-state index contributed by atoms with van der Waals surface area (Å²) in [5.41, 5.74) is 3.88. The first-order valence-electron chi connectivity index (χ1n) is 5.49. The van der Waals surface area contributed by atoms with Crippen molar-refractivity contribution in [1.82, 2.24) is 10.7 Å². The SMILES string of the molecule is S=C(NCc1ccccc1)N/N=C\c1ccco1. The lowest BCUT2D eigenvalue weighted by molar-refractivity contribution is 0.560. The average molecular weight is 259 g/mol. The highest BCUT2D eigenvalue weighted by Gasteiger charge is 1.94. The van der Waals surface area contributed by atoms with Crippen LogP contribution in [0.3, 0.4) is 0 Å². The fraction of sp³-hybridized carbons (Fsp3) is 0.0769. The zero-order valence-electron chi connectivity index (χ0n) is 9.67. The first-order chi connectivity index (χ1) is 8.84. The van der Waals surface area contributed by atoms with Gasteiger partial charge < -0.3 is 9.73 Å². The summed E-state index contributed by atoms with van der Waals surface area (Å²) < 4.78 is 5.09. The van der Waals surface area contributed by atoms with Crippen molar-refractivity contribution in [1.29, 1.82) is 0 Å². The van der Waals surface area contributed by atoms with Gasteiger partial charge >= 0.3 is 0 Å². The maximum Gasteiger partial charge on any atom is 0.187 e. The number of nitrogens with one attached hydrogen (secondary N) is 2. The normalized spacial score (nSPS) is 10.4. The van der Waals surface area contributed by atoms with E-state index in [1.807, 2.05) is 36.4 Å². The van der Waals surface area contributed by atoms with Gasteiger partial charge in [-0.05, 0) is 29.9 Å². The van der Waals surface area contributed by atoms with Crippen molar-refractivity contribution >= 4 is 23.5 Å². The Bertz CT molecular complexity index is 508. The van der Waals surface area contributed by atoms with Crippen LogP contribution in [0.25, 0.3) is 0 Å². The number of hydrogen-bond acceptors (Lipinski definition) is 3. The van der Waals surface area contributed by atoms with Gasteiger partial charge in [-0.3, -0.25) is 5.43 Å². The minimum absolute atomic E-state index is 0.474. The predicted molar refractivity (Wildman–Crippen MR) is 75.3 cm³/mol. The summed E-state index contributed by atoms with van der Waals surface area (Å²) in [6.45, 7) is 0.670. The third-order valence-corrected chi connectivity index (χ3v) is 2.43. The molecule has 0 aliphatic rings. The number of rotatable bonds is 4. The molecule has 92 valence electrons. The summed E-state index contributed by atoms with van der Waals surface area (Å²) in [5.74, 6) is 0.674. The smallest absolute Gasteiger partial charge is 0.187 e. The molecule has 5 heteroatoms. The second-order valence-electron chi connectivity index (χ2n) is 3.55. The van der Waals surface area contributed by atoms with E-state index in [9.17, 15) is 0 Å². The molecular weight excluding hydrogens is 246 g/mol. The summed E-state index contributed by atoms with van der Waals surface area (Å²) in [6.07, 6.45) is 3.16. The molecule has 0 saturated carbocycles. The van der Waals surface area contributed by atoms with Gasteiger partial charge in [0.25, 0.3) is 0 Å². The largest absolute Gasteiger partial charge is 0.463 e. The number of furan rings is 1. The Labute approximate surface area is 111 Å². The molecule has 0 amide bonds. The van der Waals surface area contributed by atoms with Crippen molar-refractivity contribution in [3.05, 3.63) is 60.1 Å². The van der Waals surface area contributed by atoms with Gasteiger partial charge in [-0.15, -0.1) is 0 Å². The van der Waals surface area contributed by atoms with E-state index in [1.54, 1.807) is 18.5 Å². The maximum atomic E-state index is 5.09. The van der Waals surface area contributed by atoms with Crippen LogP contribution >= 0.6 is 12.2 Å². The summed E-state index contributed by atoms with van der Waals surface area (Å²) in [6, 6.07) is 13.6. The minimum Gasteiger partial charge on any atom is -0.463 e. The highest BCUT2D eigenvalue weighted by molar-refractivity contribution is 7.80. The Hall–Kier alpha value is -2.14. The van der Waals surface area contributed by atoms with Crippen LogP contribution in [0.15, 0.2) is 58.2 Å². The molecule has 1 heterocycles. The minimum atomic E-state index is 0.474. The fourth-order valence-electron chi connectivity index (χ4n) is 1.34. The van der Waals surface area contributed by atoms with Gasteiger partial charge in [-0.2, -0.15) is 5.10 Å². The van der Waals surface area contributed by atoms with Crippen molar-refractivity contribution in [3.63, 3.8) is 0 Å². The topological polar surface area (TPSA) is 49.6 Å². The van der Waals surface area contributed by atoms with E-state index in [4.69, 9.17) is 16.6 Å². The number of hydrazone groups is 1. The lowest BCUT2D eigenvalue weighted by Gasteiger charge is -2.06. The first kappa shape index (κ1) is 12.3. The Balaban J connectivity index is 1.73. The monoisotopic (exact) mass is 259 g/mol. The Morgan fingerprint density at radius 3 is 2.78 bits per heavy atom. The zero-order valence-corrected chi connectivity index (χ0v) is 10.5. The Morgan fingerprint density at radius 2 is 2.06 bits per heavy atom. The maximum absolute atomic E-state index is 5.09. The number of nitrogens with zero attached hydrogens (tertiary/aromatic N) is 1. The van der Waals surface area contributed by atoms with Crippen LogP contribution in [-0.4, -0.2) is 11.3 Å². The molecule has 0 fully saturated rings. The highest BCUT2D eigenvalue weighted by Crippen LogP contribution is 1.97. The quantitative estimate of drug-likeness (QED) is 0.502. The van der Waals surface area contributed by atoms with Crippen molar-refractivity contribution in [3.8, 4) is 0 Å². The summed E-state index contributed by atoms with van der Waals surface area (Å²) in [5, 5.41) is 7.48. The van der Waals surface area contributed by atoms with Crippen LogP contribution in [0.4, 0.5) is 0 Å². The number of benzene rings is 1. The molecule has 0 saturated heterocycles. The third-order valence-electron chi connectivity index (χ3n) is 2.20. The van der Waals surface area contributed by atoms with E-state index in [0.29, 0.717) is 17.4 Å². The lowest BCUT2D eigenvalue weighted by Crippen LogP contribution is -2.31. The van der Waals surface area contributed by atoms with E-state index >= 15 is 0 Å². The summed E-state index contributed by atoms with van der Waals surface area (Å²) in [7, 11) is 0. The van der Waals surface area contributed by atoms with Crippen LogP contribution in [0, 0.1) is 0 Å². The summed E-state index contributed by atoms with van der Waals surface area (Å²) in [4.78, 5) is 0. The van der Waals surface area contributed by atoms with E-state index in [0.717, 1.165) is 5.56 Å². The van der Waals surface area contributed by atoms with E-state index in [2.05, 4.69) is 15.8 Å². The predicted octanol–water partition coefficient (Wildman–Crippen LogP) is 2.28. The van der Waals surface area contributed by atoms with Crippen molar-refractivity contribution in [2.75, 3.05) is 0 Å². The molecule has 0 bridgehead atoms. The van der Waals surface area contributed by atoms with Crippen LogP contribution in [0.2, 0.25) is 0 Å². The summed E-state index contributed by atoms with van der Waals surface area (Å²) >= 11 is 5.08. The van der Waals surface area contributed by atoms with E-state index < -0.39 is 0 Å². The molecule has 0 aliphatic heterocycles. The highest BCUT2D eigenvalue weighted by atomic mass is 32.1. The van der Waals surface area contributed by atoms with Gasteiger partial charge in [0.05, 0.1) is 12.5 Å². The zero-order chi connectivity index (χ0) is 12.6. The molecule has 0 aliphatic carbocycles. The molecule has 2 rings (SSSR count). The molecule has 0 atom stereocenters. The van der Waals surface area contributed by atoms with Crippen LogP contribution in [-0.2, 0) is 6.54 Å². The van der Waals surface area contributed by atoms with Crippen LogP contribution in [0.5, 0.6) is 0 Å².